The first-order valence-corrected chi connectivity index (χ1v) is 6.35. The highest BCUT2D eigenvalue weighted by molar-refractivity contribution is 4.68. The largest absolute Gasteiger partial charge is 0.395 e. The molecule has 0 heterocycles. The van der Waals surface area contributed by atoms with E-state index < -0.39 is 0 Å². The third kappa shape index (κ3) is 6.88. The van der Waals surface area contributed by atoms with Gasteiger partial charge in [0.15, 0.2) is 0 Å². The molecule has 0 amide bonds. The molecule has 0 aliphatic rings. The molecule has 0 aliphatic heterocycles. The summed E-state index contributed by atoms with van der Waals surface area (Å²) < 4.78 is 0. The maximum absolute atomic E-state index is 9.02. The fourth-order valence-electron chi connectivity index (χ4n) is 2.05. The Balaban J connectivity index is 3.80. The molecular weight excluding hydrogens is 188 g/mol. The first-order valence-electron chi connectivity index (χ1n) is 6.35. The van der Waals surface area contributed by atoms with Crippen molar-refractivity contribution in [2.24, 2.45) is 5.73 Å². The van der Waals surface area contributed by atoms with Crippen LogP contribution in [-0.2, 0) is 0 Å². The first kappa shape index (κ1) is 14.9. The van der Waals surface area contributed by atoms with Crippen LogP contribution in [0.3, 0.4) is 0 Å². The number of nitrogens with two attached hydrogens (primary N) is 1. The zero-order valence-electron chi connectivity index (χ0n) is 10.4. The van der Waals surface area contributed by atoms with Crippen molar-refractivity contribution >= 4 is 0 Å². The Labute approximate surface area is 94.6 Å². The molecule has 3 nitrogen and oxygen atoms in total. The van der Waals surface area contributed by atoms with Gasteiger partial charge < -0.3 is 10.8 Å². The topological polar surface area (TPSA) is 49.5 Å². The molecule has 3 heteroatoms. The fraction of sp³-hybridized carbons (Fsp3) is 1.00. The van der Waals surface area contributed by atoms with Gasteiger partial charge >= 0.3 is 0 Å². The molecule has 0 aromatic rings. The highest BCUT2D eigenvalue weighted by Crippen LogP contribution is 2.09. The molecule has 0 atom stereocenters. The number of aliphatic hydroxyl groups excluding tert-OH is 1. The Morgan fingerprint density at radius 1 is 1.07 bits per heavy atom. The van der Waals surface area contributed by atoms with Crippen LogP contribution < -0.4 is 5.73 Å². The highest BCUT2D eigenvalue weighted by Gasteiger charge is 2.13. The Bertz CT molecular complexity index is 127. The number of nitrogens with zero attached hydrogens (tertiary/aromatic N) is 1. The second-order valence-electron chi connectivity index (χ2n) is 4.08. The van der Waals surface area contributed by atoms with E-state index in [0.717, 1.165) is 26.1 Å². The predicted octanol–water partition coefficient (Wildman–Crippen LogP) is 1.60. The molecule has 15 heavy (non-hydrogen) atoms. The number of hydrogen-bond acceptors (Lipinski definition) is 3. The zero-order valence-corrected chi connectivity index (χ0v) is 10.4. The monoisotopic (exact) mass is 216 g/mol. The quantitative estimate of drug-likeness (QED) is 0.545. The average molecular weight is 216 g/mol. The van der Waals surface area contributed by atoms with Crippen LogP contribution in [0.5, 0.6) is 0 Å². The van der Waals surface area contributed by atoms with E-state index in [-0.39, 0.29) is 6.61 Å². The Morgan fingerprint density at radius 2 is 1.73 bits per heavy atom. The van der Waals surface area contributed by atoms with Crippen LogP contribution in [-0.4, -0.2) is 42.3 Å². The lowest BCUT2D eigenvalue weighted by atomic mass is 10.1. The van der Waals surface area contributed by atoms with E-state index >= 15 is 0 Å². The molecule has 3 N–H and O–H groups in total. The molecule has 0 aromatic heterocycles. The Morgan fingerprint density at radius 3 is 2.20 bits per heavy atom. The molecule has 0 radical (unpaired) electrons. The second-order valence-corrected chi connectivity index (χ2v) is 4.08. The molecular formula is C12H28N2O. The molecule has 0 saturated heterocycles. The minimum absolute atomic E-state index is 0.271. The molecule has 0 fully saturated rings. The van der Waals surface area contributed by atoms with Gasteiger partial charge in [0.1, 0.15) is 0 Å². The van der Waals surface area contributed by atoms with Crippen molar-refractivity contribution in [3.63, 3.8) is 0 Å². The van der Waals surface area contributed by atoms with E-state index in [1.54, 1.807) is 0 Å². The second kappa shape index (κ2) is 10.4. The van der Waals surface area contributed by atoms with Crippen LogP contribution in [0.1, 0.15) is 46.0 Å². The van der Waals surface area contributed by atoms with Gasteiger partial charge in [0.25, 0.3) is 0 Å². The van der Waals surface area contributed by atoms with Gasteiger partial charge in [-0.25, -0.2) is 0 Å². The number of unbranched alkanes of at least 4 members (excludes halogenated alkanes) is 2. The van der Waals surface area contributed by atoms with Gasteiger partial charge in [0.2, 0.25) is 0 Å². The van der Waals surface area contributed by atoms with Crippen LogP contribution in [0.4, 0.5) is 0 Å². The Kier molecular flexibility index (Phi) is 10.3. The van der Waals surface area contributed by atoms with Crippen LogP contribution in [0.2, 0.25) is 0 Å². The zero-order chi connectivity index (χ0) is 11.5. The van der Waals surface area contributed by atoms with Gasteiger partial charge in [0, 0.05) is 12.6 Å². The lowest BCUT2D eigenvalue weighted by molar-refractivity contribution is 0.141. The smallest absolute Gasteiger partial charge is 0.0558 e. The average Bonchev–Trinajstić information content (AvgIpc) is 2.26. The highest BCUT2D eigenvalue weighted by atomic mass is 16.3. The fourth-order valence-corrected chi connectivity index (χ4v) is 2.05. The first-order chi connectivity index (χ1) is 7.29. The van der Waals surface area contributed by atoms with Crippen molar-refractivity contribution in [2.75, 3.05) is 26.2 Å². The summed E-state index contributed by atoms with van der Waals surface area (Å²) in [6.45, 7) is 7.43. The molecule has 0 aliphatic carbocycles. The molecule has 0 rings (SSSR count). The van der Waals surface area contributed by atoms with E-state index in [1.165, 1.54) is 25.7 Å². The van der Waals surface area contributed by atoms with E-state index in [1.807, 2.05) is 0 Å². The molecule has 0 saturated carbocycles. The lowest BCUT2D eigenvalue weighted by Crippen LogP contribution is -2.37. The molecule has 0 aromatic carbocycles. The maximum atomic E-state index is 9.02. The predicted molar refractivity (Wildman–Crippen MR) is 65.9 cm³/mol. The summed E-state index contributed by atoms with van der Waals surface area (Å²) in [5.41, 5.74) is 5.46. The summed E-state index contributed by atoms with van der Waals surface area (Å²) in [6.07, 6.45) is 5.88. The van der Waals surface area contributed by atoms with Crippen LogP contribution in [0, 0.1) is 0 Å². The van der Waals surface area contributed by atoms with Crippen molar-refractivity contribution in [1.82, 2.24) is 4.90 Å². The number of rotatable bonds is 10. The summed E-state index contributed by atoms with van der Waals surface area (Å²) >= 11 is 0. The standard InChI is InChI=1S/C12H28N2O/c1-3-12(4-2)14(10-11-15)9-7-5-6-8-13/h12,15H,3-11,13H2,1-2H3. The van der Waals surface area contributed by atoms with Gasteiger partial charge in [0.05, 0.1) is 6.61 Å². The minimum atomic E-state index is 0.271. The summed E-state index contributed by atoms with van der Waals surface area (Å²) in [5.74, 6) is 0. The normalized spacial score (nSPS) is 11.6. The summed E-state index contributed by atoms with van der Waals surface area (Å²) in [5, 5.41) is 9.02. The van der Waals surface area contributed by atoms with Crippen molar-refractivity contribution in [3.8, 4) is 0 Å². The van der Waals surface area contributed by atoms with Crippen LogP contribution in [0.15, 0.2) is 0 Å². The van der Waals surface area contributed by atoms with Gasteiger partial charge in [-0.15, -0.1) is 0 Å². The van der Waals surface area contributed by atoms with E-state index in [0.29, 0.717) is 6.04 Å². The van der Waals surface area contributed by atoms with Crippen molar-refractivity contribution < 1.29 is 5.11 Å². The summed E-state index contributed by atoms with van der Waals surface area (Å²) in [7, 11) is 0. The van der Waals surface area contributed by atoms with Gasteiger partial charge in [-0.05, 0) is 38.8 Å². The van der Waals surface area contributed by atoms with Crippen LogP contribution >= 0.6 is 0 Å². The van der Waals surface area contributed by atoms with Crippen molar-refractivity contribution in [2.45, 2.75) is 52.0 Å². The van der Waals surface area contributed by atoms with Crippen molar-refractivity contribution in [1.29, 1.82) is 0 Å². The molecule has 0 unspecified atom stereocenters. The van der Waals surface area contributed by atoms with E-state index in [2.05, 4.69) is 18.7 Å². The summed E-state index contributed by atoms with van der Waals surface area (Å²) in [4.78, 5) is 2.41. The minimum Gasteiger partial charge on any atom is -0.395 e. The molecule has 0 bridgehead atoms. The van der Waals surface area contributed by atoms with Crippen molar-refractivity contribution in [3.05, 3.63) is 0 Å². The SMILES string of the molecule is CCC(CC)N(CCO)CCCCCN. The number of aliphatic hydroxyl groups is 1. The van der Waals surface area contributed by atoms with E-state index in [9.17, 15) is 0 Å². The van der Waals surface area contributed by atoms with E-state index in [4.69, 9.17) is 10.8 Å². The Hall–Kier alpha value is -0.120. The lowest BCUT2D eigenvalue weighted by Gasteiger charge is -2.29. The third-order valence-corrected chi connectivity index (χ3v) is 3.00. The van der Waals surface area contributed by atoms with Gasteiger partial charge in [-0.2, -0.15) is 0 Å². The van der Waals surface area contributed by atoms with Gasteiger partial charge in [-0.3, -0.25) is 4.90 Å². The number of hydrogen-bond donors (Lipinski definition) is 2. The molecule has 0 spiro atoms. The third-order valence-electron chi connectivity index (χ3n) is 3.00. The van der Waals surface area contributed by atoms with Crippen LogP contribution in [0.25, 0.3) is 0 Å². The maximum Gasteiger partial charge on any atom is 0.0558 e. The molecule has 92 valence electrons. The summed E-state index contributed by atoms with van der Waals surface area (Å²) in [6, 6.07) is 0.634. The van der Waals surface area contributed by atoms with Gasteiger partial charge in [-0.1, -0.05) is 20.3 Å².